The van der Waals surface area contributed by atoms with Crippen LogP contribution in [0.25, 0.3) is 10.9 Å². The third-order valence-corrected chi connectivity index (χ3v) is 3.02. The molecule has 0 saturated carbocycles. The highest BCUT2D eigenvalue weighted by Crippen LogP contribution is 2.33. The lowest BCUT2D eigenvalue weighted by molar-refractivity contribution is -0.137. The van der Waals surface area contributed by atoms with Crippen LogP contribution in [0.15, 0.2) is 24.3 Å². The van der Waals surface area contributed by atoms with Crippen LogP contribution in [0.4, 0.5) is 13.2 Å². The number of nitriles is 1. The topological polar surface area (TPSA) is 36.7 Å². The van der Waals surface area contributed by atoms with Crippen molar-refractivity contribution in [1.29, 1.82) is 5.26 Å². The number of hydrogen-bond acceptors (Lipinski definition) is 2. The molecule has 0 atom stereocenters. The minimum atomic E-state index is -4.43. The zero-order valence-corrected chi connectivity index (χ0v) is 11.3. The monoisotopic (exact) mass is 278 g/mol. The van der Waals surface area contributed by atoms with Crippen molar-refractivity contribution in [3.63, 3.8) is 0 Å². The van der Waals surface area contributed by atoms with Gasteiger partial charge in [-0.25, -0.2) is 0 Å². The second-order valence-corrected chi connectivity index (χ2v) is 5.65. The Morgan fingerprint density at radius 1 is 1.10 bits per heavy atom. The van der Waals surface area contributed by atoms with Gasteiger partial charge in [0.2, 0.25) is 0 Å². The summed E-state index contributed by atoms with van der Waals surface area (Å²) in [6, 6.07) is 6.79. The van der Waals surface area contributed by atoms with Crippen LogP contribution in [0.3, 0.4) is 0 Å². The van der Waals surface area contributed by atoms with E-state index in [-0.39, 0.29) is 16.4 Å². The summed E-state index contributed by atoms with van der Waals surface area (Å²) in [5.41, 5.74) is 0.254. The first-order valence-corrected chi connectivity index (χ1v) is 6.05. The first-order chi connectivity index (χ1) is 9.13. The summed E-state index contributed by atoms with van der Waals surface area (Å²) < 4.78 is 38.1. The van der Waals surface area contributed by atoms with E-state index in [4.69, 9.17) is 5.26 Å². The van der Waals surface area contributed by atoms with Crippen LogP contribution in [0.1, 0.15) is 37.6 Å². The Kier molecular flexibility index (Phi) is 3.21. The largest absolute Gasteiger partial charge is 0.416 e. The average molecular weight is 278 g/mol. The number of alkyl halides is 3. The molecule has 1 heterocycles. The Labute approximate surface area is 114 Å². The minimum Gasteiger partial charge on any atom is -0.252 e. The molecule has 1 aromatic carbocycles. The van der Waals surface area contributed by atoms with Crippen molar-refractivity contribution in [1.82, 2.24) is 4.98 Å². The smallest absolute Gasteiger partial charge is 0.252 e. The Morgan fingerprint density at radius 2 is 1.75 bits per heavy atom. The average Bonchev–Trinajstić information content (AvgIpc) is 2.34. The predicted molar refractivity (Wildman–Crippen MR) is 70.2 cm³/mol. The molecule has 0 aliphatic carbocycles. The molecule has 0 bridgehead atoms. The van der Waals surface area contributed by atoms with E-state index in [0.29, 0.717) is 11.2 Å². The molecular weight excluding hydrogens is 265 g/mol. The molecule has 0 saturated heterocycles. The molecule has 0 N–H and O–H groups in total. The highest BCUT2D eigenvalue weighted by molar-refractivity contribution is 5.85. The van der Waals surface area contributed by atoms with Gasteiger partial charge in [-0.15, -0.1) is 0 Å². The number of benzene rings is 1. The Bertz CT molecular complexity index is 704. The van der Waals surface area contributed by atoms with Crippen molar-refractivity contribution in [2.24, 2.45) is 0 Å². The van der Waals surface area contributed by atoms with Crippen LogP contribution in [-0.2, 0) is 11.6 Å². The number of hydrogen-bond donors (Lipinski definition) is 0. The molecule has 0 aliphatic heterocycles. The molecule has 104 valence electrons. The van der Waals surface area contributed by atoms with Gasteiger partial charge in [-0.2, -0.15) is 18.4 Å². The van der Waals surface area contributed by atoms with Crippen molar-refractivity contribution in [2.45, 2.75) is 32.4 Å². The number of nitrogens with zero attached hydrogens (tertiary/aromatic N) is 2. The van der Waals surface area contributed by atoms with E-state index in [1.54, 1.807) is 6.07 Å². The molecule has 2 nitrogen and oxygen atoms in total. The van der Waals surface area contributed by atoms with Gasteiger partial charge in [0.15, 0.2) is 0 Å². The molecule has 0 unspecified atom stereocenters. The molecule has 20 heavy (non-hydrogen) atoms. The zero-order valence-electron chi connectivity index (χ0n) is 11.3. The van der Waals surface area contributed by atoms with E-state index in [2.05, 4.69) is 4.98 Å². The maximum atomic E-state index is 12.7. The number of halogens is 3. The van der Waals surface area contributed by atoms with Crippen LogP contribution in [0.5, 0.6) is 0 Å². The van der Waals surface area contributed by atoms with Crippen LogP contribution >= 0.6 is 0 Å². The van der Waals surface area contributed by atoms with E-state index in [9.17, 15) is 13.2 Å². The van der Waals surface area contributed by atoms with Gasteiger partial charge >= 0.3 is 6.18 Å². The van der Waals surface area contributed by atoms with Gasteiger partial charge in [-0.3, -0.25) is 4.98 Å². The van der Waals surface area contributed by atoms with Gasteiger partial charge in [-0.1, -0.05) is 20.8 Å². The van der Waals surface area contributed by atoms with E-state index < -0.39 is 11.7 Å². The lowest BCUT2D eigenvalue weighted by Gasteiger charge is -2.19. The van der Waals surface area contributed by atoms with Gasteiger partial charge in [0.1, 0.15) is 0 Å². The van der Waals surface area contributed by atoms with Crippen molar-refractivity contribution in [3.8, 4) is 6.07 Å². The fourth-order valence-corrected chi connectivity index (χ4v) is 1.88. The predicted octanol–water partition coefficient (Wildman–Crippen LogP) is 4.42. The lowest BCUT2D eigenvalue weighted by Crippen LogP contribution is -2.14. The number of aromatic nitrogens is 1. The van der Waals surface area contributed by atoms with Gasteiger partial charge in [0.25, 0.3) is 0 Å². The summed E-state index contributed by atoms with van der Waals surface area (Å²) in [6.45, 7) is 5.81. The third-order valence-electron chi connectivity index (χ3n) is 3.02. The van der Waals surface area contributed by atoms with Gasteiger partial charge in [0, 0.05) is 16.5 Å². The van der Waals surface area contributed by atoms with Crippen LogP contribution in [0.2, 0.25) is 0 Å². The molecule has 1 aromatic heterocycles. The standard InChI is InChI=1S/C15H13F3N2/c1-14(2,3)13-6-9(8-19)11-7-10(15(16,17)18)4-5-12(11)20-13/h4-7H,1-3H3. The van der Waals surface area contributed by atoms with Crippen LogP contribution in [0, 0.1) is 11.3 Å². The normalized spacial score (nSPS) is 12.4. The molecule has 0 aliphatic rings. The Balaban J connectivity index is 2.76. The Hall–Kier alpha value is -2.09. The molecule has 0 spiro atoms. The van der Waals surface area contributed by atoms with E-state index in [1.807, 2.05) is 26.8 Å². The lowest BCUT2D eigenvalue weighted by atomic mass is 9.90. The fourth-order valence-electron chi connectivity index (χ4n) is 1.88. The SMILES string of the molecule is CC(C)(C)c1cc(C#N)c2cc(C(F)(F)F)ccc2n1. The van der Waals surface area contributed by atoms with Gasteiger partial charge < -0.3 is 0 Å². The summed E-state index contributed by atoms with van der Waals surface area (Å²) in [5.74, 6) is 0. The Morgan fingerprint density at radius 3 is 2.25 bits per heavy atom. The maximum Gasteiger partial charge on any atom is 0.416 e. The molecular formula is C15H13F3N2. The van der Waals surface area contributed by atoms with Crippen molar-refractivity contribution >= 4 is 10.9 Å². The van der Waals surface area contributed by atoms with E-state index in [0.717, 1.165) is 12.1 Å². The van der Waals surface area contributed by atoms with Crippen LogP contribution in [-0.4, -0.2) is 4.98 Å². The fraction of sp³-hybridized carbons (Fsp3) is 0.333. The first kappa shape index (κ1) is 14.3. The number of rotatable bonds is 0. The van der Waals surface area contributed by atoms with Gasteiger partial charge in [-0.05, 0) is 24.3 Å². The zero-order chi connectivity index (χ0) is 15.1. The summed E-state index contributed by atoms with van der Waals surface area (Å²) in [4.78, 5) is 4.36. The maximum absolute atomic E-state index is 12.7. The summed E-state index contributed by atoms with van der Waals surface area (Å²) in [7, 11) is 0. The molecule has 0 radical (unpaired) electrons. The summed E-state index contributed by atoms with van der Waals surface area (Å²) in [6.07, 6.45) is -4.43. The van der Waals surface area contributed by atoms with E-state index in [1.165, 1.54) is 6.07 Å². The molecule has 5 heteroatoms. The molecule has 0 fully saturated rings. The van der Waals surface area contributed by atoms with Gasteiger partial charge in [0.05, 0.1) is 22.7 Å². The minimum absolute atomic E-state index is 0.214. The number of fused-ring (bicyclic) bond motifs is 1. The molecule has 2 rings (SSSR count). The van der Waals surface area contributed by atoms with Crippen molar-refractivity contribution in [3.05, 3.63) is 41.1 Å². The third kappa shape index (κ3) is 2.60. The quantitative estimate of drug-likeness (QED) is 0.715. The highest BCUT2D eigenvalue weighted by Gasteiger charge is 2.31. The van der Waals surface area contributed by atoms with E-state index >= 15 is 0 Å². The highest BCUT2D eigenvalue weighted by atomic mass is 19.4. The molecule has 2 aromatic rings. The second-order valence-electron chi connectivity index (χ2n) is 5.65. The summed E-state index contributed by atoms with van der Waals surface area (Å²) in [5, 5.41) is 9.39. The number of pyridine rings is 1. The first-order valence-electron chi connectivity index (χ1n) is 6.05. The van der Waals surface area contributed by atoms with Crippen molar-refractivity contribution in [2.75, 3.05) is 0 Å². The second kappa shape index (κ2) is 4.48. The van der Waals surface area contributed by atoms with Crippen LogP contribution < -0.4 is 0 Å². The van der Waals surface area contributed by atoms with Crippen molar-refractivity contribution < 1.29 is 13.2 Å². The summed E-state index contributed by atoms with van der Waals surface area (Å²) >= 11 is 0. The molecule has 0 amide bonds.